The Kier molecular flexibility index (Phi) is 4.79. The summed E-state index contributed by atoms with van der Waals surface area (Å²) in [5.41, 5.74) is 1.13. The zero-order valence-corrected chi connectivity index (χ0v) is 11.4. The molecule has 1 aliphatic rings. The van der Waals surface area contributed by atoms with Crippen molar-refractivity contribution < 1.29 is 4.74 Å². The molecule has 0 bridgehead atoms. The lowest BCUT2D eigenvalue weighted by Crippen LogP contribution is -2.15. The van der Waals surface area contributed by atoms with Crippen LogP contribution >= 0.6 is 0 Å². The molecule has 1 heterocycles. The van der Waals surface area contributed by atoms with Crippen LogP contribution in [0.4, 0.5) is 5.82 Å². The summed E-state index contributed by atoms with van der Waals surface area (Å²) in [4.78, 5) is 8.65. The minimum atomic E-state index is 0.352. The molecule has 1 fully saturated rings. The first-order chi connectivity index (χ1) is 8.85. The number of nitrogens with zero attached hydrogens (tertiary/aromatic N) is 2. The van der Waals surface area contributed by atoms with Crippen molar-refractivity contribution in [3.63, 3.8) is 0 Å². The van der Waals surface area contributed by atoms with Gasteiger partial charge in [-0.25, -0.2) is 9.97 Å². The molecule has 0 aliphatic heterocycles. The Morgan fingerprint density at radius 2 is 2.06 bits per heavy atom. The molecule has 18 heavy (non-hydrogen) atoms. The van der Waals surface area contributed by atoms with Gasteiger partial charge in [-0.1, -0.05) is 13.3 Å². The third-order valence-corrected chi connectivity index (χ3v) is 3.33. The molecule has 100 valence electrons. The van der Waals surface area contributed by atoms with Gasteiger partial charge in [0.25, 0.3) is 0 Å². The normalized spacial score (nSPS) is 15.9. The summed E-state index contributed by atoms with van der Waals surface area (Å²) in [5.74, 6) is 1.72. The average molecular weight is 249 g/mol. The Morgan fingerprint density at radius 1 is 1.28 bits per heavy atom. The lowest BCUT2D eigenvalue weighted by Gasteiger charge is -2.17. The van der Waals surface area contributed by atoms with Crippen LogP contribution in [0.2, 0.25) is 0 Å². The topological polar surface area (TPSA) is 47.0 Å². The monoisotopic (exact) mass is 249 g/mol. The summed E-state index contributed by atoms with van der Waals surface area (Å²) in [6.45, 7) is 5.12. The summed E-state index contributed by atoms with van der Waals surface area (Å²) in [5, 5.41) is 3.30. The number of hydrogen-bond acceptors (Lipinski definition) is 4. The second-order valence-electron chi connectivity index (χ2n) is 4.81. The quantitative estimate of drug-likeness (QED) is 0.841. The molecule has 1 aromatic heterocycles. The molecule has 0 atom stereocenters. The van der Waals surface area contributed by atoms with Crippen molar-refractivity contribution in [2.45, 2.75) is 58.5 Å². The van der Waals surface area contributed by atoms with Crippen molar-refractivity contribution in [3.8, 4) is 5.88 Å². The van der Waals surface area contributed by atoms with E-state index in [0.717, 1.165) is 49.5 Å². The fourth-order valence-electron chi connectivity index (χ4n) is 2.46. The smallest absolute Gasteiger partial charge is 0.222 e. The van der Waals surface area contributed by atoms with E-state index in [1.807, 2.05) is 0 Å². The molecule has 0 aromatic carbocycles. The van der Waals surface area contributed by atoms with Gasteiger partial charge in [0, 0.05) is 6.54 Å². The molecule has 0 unspecified atom stereocenters. The maximum absolute atomic E-state index is 6.05. The van der Waals surface area contributed by atoms with Crippen LogP contribution in [-0.2, 0) is 6.42 Å². The highest BCUT2D eigenvalue weighted by Gasteiger charge is 2.20. The van der Waals surface area contributed by atoms with Crippen LogP contribution in [-0.4, -0.2) is 22.6 Å². The Balaban J connectivity index is 2.17. The SMILES string of the molecule is CCCc1c(NCC)ncnc1OC1CCCC1. The second-order valence-corrected chi connectivity index (χ2v) is 4.81. The Morgan fingerprint density at radius 3 is 2.72 bits per heavy atom. The number of hydrogen-bond donors (Lipinski definition) is 1. The summed E-state index contributed by atoms with van der Waals surface area (Å²) in [6, 6.07) is 0. The van der Waals surface area contributed by atoms with E-state index < -0.39 is 0 Å². The Bertz CT molecular complexity index is 375. The van der Waals surface area contributed by atoms with E-state index >= 15 is 0 Å². The molecule has 0 spiro atoms. The van der Waals surface area contributed by atoms with Gasteiger partial charge >= 0.3 is 0 Å². The molecule has 4 heteroatoms. The van der Waals surface area contributed by atoms with Crippen LogP contribution in [0.1, 0.15) is 51.5 Å². The molecule has 1 saturated carbocycles. The highest BCUT2D eigenvalue weighted by molar-refractivity contribution is 5.48. The first-order valence-electron chi connectivity index (χ1n) is 7.09. The standard InChI is InChI=1S/C14H23N3O/c1-3-7-12-13(15-4-2)16-10-17-14(12)18-11-8-5-6-9-11/h10-11H,3-9H2,1-2H3,(H,15,16,17). The largest absolute Gasteiger partial charge is 0.474 e. The average Bonchev–Trinajstić information content (AvgIpc) is 2.86. The van der Waals surface area contributed by atoms with Crippen LogP contribution in [0, 0.1) is 0 Å². The predicted octanol–water partition coefficient (Wildman–Crippen LogP) is 3.18. The third-order valence-electron chi connectivity index (χ3n) is 3.33. The van der Waals surface area contributed by atoms with Crippen LogP contribution in [0.15, 0.2) is 6.33 Å². The van der Waals surface area contributed by atoms with Crippen LogP contribution in [0.3, 0.4) is 0 Å². The van der Waals surface area contributed by atoms with Gasteiger partial charge in [-0.05, 0) is 39.0 Å². The van der Waals surface area contributed by atoms with E-state index in [1.54, 1.807) is 6.33 Å². The van der Waals surface area contributed by atoms with Gasteiger partial charge in [-0.2, -0.15) is 0 Å². The van der Waals surface area contributed by atoms with Gasteiger partial charge in [0.15, 0.2) is 0 Å². The maximum Gasteiger partial charge on any atom is 0.222 e. The second kappa shape index (κ2) is 6.57. The summed E-state index contributed by atoms with van der Waals surface area (Å²) in [7, 11) is 0. The minimum Gasteiger partial charge on any atom is -0.474 e. The number of rotatable bonds is 6. The molecule has 2 rings (SSSR count). The van der Waals surface area contributed by atoms with Crippen molar-refractivity contribution >= 4 is 5.82 Å². The van der Waals surface area contributed by atoms with Crippen molar-refractivity contribution in [3.05, 3.63) is 11.9 Å². The Hall–Kier alpha value is -1.32. The number of aromatic nitrogens is 2. The number of nitrogens with one attached hydrogen (secondary N) is 1. The third kappa shape index (κ3) is 3.12. The molecular formula is C14H23N3O. The predicted molar refractivity (Wildman–Crippen MR) is 73.1 cm³/mol. The van der Waals surface area contributed by atoms with E-state index in [2.05, 4.69) is 29.1 Å². The van der Waals surface area contributed by atoms with Gasteiger partial charge in [0.2, 0.25) is 5.88 Å². The fourth-order valence-corrected chi connectivity index (χ4v) is 2.46. The fraction of sp³-hybridized carbons (Fsp3) is 0.714. The molecule has 0 radical (unpaired) electrons. The number of ether oxygens (including phenoxy) is 1. The lowest BCUT2D eigenvalue weighted by atomic mass is 10.1. The molecule has 0 amide bonds. The first kappa shape index (κ1) is 13.1. The van der Waals surface area contributed by atoms with Crippen LogP contribution in [0.5, 0.6) is 5.88 Å². The Labute approximate surface area is 109 Å². The first-order valence-corrected chi connectivity index (χ1v) is 7.09. The van der Waals surface area contributed by atoms with E-state index in [-0.39, 0.29) is 0 Å². The van der Waals surface area contributed by atoms with Gasteiger partial charge < -0.3 is 10.1 Å². The van der Waals surface area contributed by atoms with Crippen molar-refractivity contribution in [1.82, 2.24) is 9.97 Å². The zero-order valence-electron chi connectivity index (χ0n) is 11.4. The highest BCUT2D eigenvalue weighted by atomic mass is 16.5. The maximum atomic E-state index is 6.05. The molecule has 1 N–H and O–H groups in total. The highest BCUT2D eigenvalue weighted by Crippen LogP contribution is 2.28. The number of anilines is 1. The van der Waals surface area contributed by atoms with Gasteiger partial charge in [0.05, 0.1) is 5.56 Å². The zero-order chi connectivity index (χ0) is 12.8. The molecular weight excluding hydrogens is 226 g/mol. The molecule has 4 nitrogen and oxygen atoms in total. The molecule has 1 aromatic rings. The van der Waals surface area contributed by atoms with E-state index in [0.29, 0.717) is 6.10 Å². The van der Waals surface area contributed by atoms with Crippen LogP contribution < -0.4 is 10.1 Å². The van der Waals surface area contributed by atoms with E-state index in [9.17, 15) is 0 Å². The summed E-state index contributed by atoms with van der Waals surface area (Å²) >= 11 is 0. The minimum absolute atomic E-state index is 0.352. The molecule has 0 saturated heterocycles. The van der Waals surface area contributed by atoms with Crippen molar-refractivity contribution in [2.24, 2.45) is 0 Å². The summed E-state index contributed by atoms with van der Waals surface area (Å²) < 4.78 is 6.05. The van der Waals surface area contributed by atoms with Gasteiger partial charge in [0.1, 0.15) is 18.2 Å². The summed E-state index contributed by atoms with van der Waals surface area (Å²) in [6.07, 6.45) is 8.86. The van der Waals surface area contributed by atoms with Crippen LogP contribution in [0.25, 0.3) is 0 Å². The van der Waals surface area contributed by atoms with Gasteiger partial charge in [-0.15, -0.1) is 0 Å². The van der Waals surface area contributed by atoms with Crippen molar-refractivity contribution in [2.75, 3.05) is 11.9 Å². The van der Waals surface area contributed by atoms with Gasteiger partial charge in [-0.3, -0.25) is 0 Å². The van der Waals surface area contributed by atoms with E-state index in [1.165, 1.54) is 12.8 Å². The lowest BCUT2D eigenvalue weighted by molar-refractivity contribution is 0.199. The van der Waals surface area contributed by atoms with E-state index in [4.69, 9.17) is 4.74 Å². The van der Waals surface area contributed by atoms with Crippen molar-refractivity contribution in [1.29, 1.82) is 0 Å². The molecule has 1 aliphatic carbocycles.